The van der Waals surface area contributed by atoms with Crippen molar-refractivity contribution in [2.75, 3.05) is 27.3 Å². The van der Waals surface area contributed by atoms with Crippen LogP contribution in [0.1, 0.15) is 80.4 Å². The highest BCUT2D eigenvalue weighted by atomic mass is 32.2. The maximum Gasteiger partial charge on any atom is 0.407 e. The van der Waals surface area contributed by atoms with Gasteiger partial charge in [0.05, 0.1) is 50.1 Å². The van der Waals surface area contributed by atoms with Crippen molar-refractivity contribution in [2.24, 2.45) is 5.92 Å². The number of nitrogens with zero attached hydrogens (tertiary/aromatic N) is 4. The van der Waals surface area contributed by atoms with Gasteiger partial charge in [-0.05, 0) is 79.0 Å². The van der Waals surface area contributed by atoms with Gasteiger partial charge >= 0.3 is 12.2 Å². The number of nitrogens with one attached hydrogen (secondary N) is 4. The quantitative estimate of drug-likeness (QED) is 0.0881. The molecule has 0 spiro atoms. The Balaban J connectivity index is 1.03. The van der Waals surface area contributed by atoms with Gasteiger partial charge in [0.2, 0.25) is 5.91 Å². The summed E-state index contributed by atoms with van der Waals surface area (Å²) in [5, 5.41) is 5.45. The highest BCUT2D eigenvalue weighted by Gasteiger charge is 2.39. The second-order valence-corrected chi connectivity index (χ2v) is 17.9. The number of ether oxygens (including phenoxy) is 2. The number of aryl methyl sites for hydroxylation is 1. The van der Waals surface area contributed by atoms with E-state index in [-0.39, 0.29) is 29.8 Å². The number of aromatic amines is 2. The van der Waals surface area contributed by atoms with Crippen LogP contribution in [0.4, 0.5) is 9.59 Å². The lowest BCUT2D eigenvalue weighted by Crippen LogP contribution is -2.51. The Bertz CT molecular complexity index is 2650. The molecular formula is C50H54N8O6S. The zero-order chi connectivity index (χ0) is 45.6. The minimum absolute atomic E-state index is 0.127. The van der Waals surface area contributed by atoms with E-state index >= 15 is 0 Å². The van der Waals surface area contributed by atoms with E-state index in [9.17, 15) is 19.2 Å². The maximum atomic E-state index is 14.0. The van der Waals surface area contributed by atoms with E-state index in [1.807, 2.05) is 61.5 Å². The normalized spacial score (nSPS) is 16.9. The monoisotopic (exact) mass is 894 g/mol. The first kappa shape index (κ1) is 44.7. The molecule has 2 aliphatic rings. The number of likely N-dealkylation sites (tertiary alicyclic amines) is 2. The van der Waals surface area contributed by atoms with Crippen LogP contribution in [0.2, 0.25) is 0 Å². The fraction of sp³-hybridized carbons (Fsp3) is 0.320. The number of H-pyrrole nitrogens is 2. The molecule has 8 rings (SSSR count). The standard InChI is InChI=1S/C50H54N8O6S/c1-30(2)43(55-49(61)63-4)47(59)57-24-10-16-40(57)46-52-29-39(54-46)35-22-23-37(42(27-35)65-36-15-9-12-31(3)26-36)32-18-20-33(21-19-32)38-28-51-45(53-38)41-17-11-25-58(41)48(60)44(56-50(62)64-5)34-13-7-6-8-14-34/h6-9,12-15,18-23,26-30,40-41,43-44H,10-11,16-17,24-25H2,1-5H3,(H,51,53)(H,52,54)(H,55,61)(H,56,62)/t40-,41-,43-,44+/m0/s1. The summed E-state index contributed by atoms with van der Waals surface area (Å²) in [6.07, 6.45) is 5.46. The minimum Gasteiger partial charge on any atom is -0.453 e. The average Bonchev–Trinajstić information content (AvgIpc) is 4.17. The lowest BCUT2D eigenvalue weighted by Gasteiger charge is -2.30. The van der Waals surface area contributed by atoms with E-state index in [0.29, 0.717) is 30.3 Å². The number of methoxy groups -OCH3 is 2. The van der Waals surface area contributed by atoms with Crippen LogP contribution in [0.3, 0.4) is 0 Å². The van der Waals surface area contributed by atoms with E-state index in [4.69, 9.17) is 19.4 Å². The number of alkyl carbamates (subject to hydrolysis) is 2. The molecule has 4 amide bonds. The van der Waals surface area contributed by atoms with Crippen LogP contribution in [-0.4, -0.2) is 87.1 Å². The molecule has 4 atom stereocenters. The first-order valence-electron chi connectivity index (χ1n) is 22.0. The molecule has 6 aromatic rings. The number of rotatable bonds is 13. The largest absolute Gasteiger partial charge is 0.453 e. The molecule has 0 bridgehead atoms. The number of carbonyl (C=O) groups is 4. The van der Waals surface area contributed by atoms with Crippen molar-refractivity contribution in [1.29, 1.82) is 0 Å². The van der Waals surface area contributed by atoms with Crippen molar-refractivity contribution >= 4 is 35.8 Å². The third-order valence-corrected chi connectivity index (χ3v) is 13.2. The Kier molecular flexibility index (Phi) is 13.7. The molecule has 0 unspecified atom stereocenters. The van der Waals surface area contributed by atoms with Crippen molar-refractivity contribution in [3.05, 3.63) is 132 Å². The molecule has 14 nitrogen and oxygen atoms in total. The molecule has 4 heterocycles. The number of imidazole rings is 2. The van der Waals surface area contributed by atoms with Crippen LogP contribution in [0.5, 0.6) is 0 Å². The van der Waals surface area contributed by atoms with Gasteiger partial charge in [-0.2, -0.15) is 0 Å². The molecule has 0 radical (unpaired) electrons. The topological polar surface area (TPSA) is 175 Å². The van der Waals surface area contributed by atoms with Crippen LogP contribution < -0.4 is 10.6 Å². The molecule has 2 aliphatic heterocycles. The van der Waals surface area contributed by atoms with Gasteiger partial charge in [-0.15, -0.1) is 0 Å². The molecule has 2 aromatic heterocycles. The van der Waals surface area contributed by atoms with Gasteiger partial charge in [-0.25, -0.2) is 19.6 Å². The average molecular weight is 895 g/mol. The lowest BCUT2D eigenvalue weighted by atomic mass is 10.0. The molecule has 2 saturated heterocycles. The molecule has 0 saturated carbocycles. The van der Waals surface area contributed by atoms with Gasteiger partial charge in [0, 0.05) is 28.4 Å². The third kappa shape index (κ3) is 9.95. The summed E-state index contributed by atoms with van der Waals surface area (Å²) >= 11 is 1.70. The zero-order valence-electron chi connectivity index (χ0n) is 37.2. The van der Waals surface area contributed by atoms with E-state index in [2.05, 4.69) is 94.3 Å². The minimum atomic E-state index is -0.895. The van der Waals surface area contributed by atoms with Crippen LogP contribution in [0.15, 0.2) is 119 Å². The van der Waals surface area contributed by atoms with E-state index in [1.165, 1.54) is 19.8 Å². The first-order chi connectivity index (χ1) is 31.5. The van der Waals surface area contributed by atoms with Crippen molar-refractivity contribution < 1.29 is 28.7 Å². The third-order valence-electron chi connectivity index (χ3n) is 12.1. The van der Waals surface area contributed by atoms with Crippen LogP contribution >= 0.6 is 11.8 Å². The Hall–Kier alpha value is -6.87. The van der Waals surface area contributed by atoms with Gasteiger partial charge in [0.1, 0.15) is 23.7 Å². The van der Waals surface area contributed by atoms with E-state index < -0.39 is 24.3 Å². The molecule has 65 heavy (non-hydrogen) atoms. The van der Waals surface area contributed by atoms with Gasteiger partial charge in [-0.3, -0.25) is 9.59 Å². The van der Waals surface area contributed by atoms with Gasteiger partial charge in [-0.1, -0.05) is 110 Å². The number of hydrogen-bond donors (Lipinski definition) is 4. The lowest BCUT2D eigenvalue weighted by molar-refractivity contribution is -0.135. The maximum absolute atomic E-state index is 14.0. The van der Waals surface area contributed by atoms with Gasteiger partial charge < -0.3 is 39.9 Å². The summed E-state index contributed by atoms with van der Waals surface area (Å²) in [5.41, 5.74) is 7.54. The Morgan fingerprint density at radius 2 is 1.28 bits per heavy atom. The van der Waals surface area contributed by atoms with Crippen LogP contribution in [0.25, 0.3) is 33.6 Å². The van der Waals surface area contributed by atoms with Crippen molar-refractivity contribution in [2.45, 2.75) is 80.4 Å². The number of benzene rings is 4. The van der Waals surface area contributed by atoms with Crippen molar-refractivity contribution in [1.82, 2.24) is 40.4 Å². The number of aromatic nitrogens is 4. The predicted molar refractivity (Wildman–Crippen MR) is 249 cm³/mol. The summed E-state index contributed by atoms with van der Waals surface area (Å²) in [7, 11) is 2.57. The van der Waals surface area contributed by atoms with Gasteiger partial charge in [0.15, 0.2) is 0 Å². The second kappa shape index (κ2) is 19.9. The molecule has 2 fully saturated rings. The fourth-order valence-electron chi connectivity index (χ4n) is 8.74. The number of carbonyl (C=O) groups excluding carboxylic acids is 4. The highest BCUT2D eigenvalue weighted by molar-refractivity contribution is 7.99. The van der Waals surface area contributed by atoms with Crippen molar-refractivity contribution in [3.8, 4) is 33.6 Å². The molecule has 4 N–H and O–H groups in total. The highest BCUT2D eigenvalue weighted by Crippen LogP contribution is 2.41. The van der Waals surface area contributed by atoms with E-state index in [1.54, 1.807) is 16.7 Å². The Morgan fingerprint density at radius 1 is 0.692 bits per heavy atom. The second-order valence-electron chi connectivity index (χ2n) is 16.8. The SMILES string of the molecule is COC(=O)N[C@H](C(=O)N1CCC[C@H]1c1ncc(-c2ccc(-c3ccc(-c4cnc([C@@H]5CCCN5C(=O)[C@H](NC(=O)OC)c5ccccc5)[nH]4)cc3)c(Sc3cccc(C)c3)c2)[nH]1)C(C)C. The van der Waals surface area contributed by atoms with Crippen LogP contribution in [0, 0.1) is 12.8 Å². The first-order valence-corrected chi connectivity index (χ1v) is 22.8. The summed E-state index contributed by atoms with van der Waals surface area (Å²) in [4.78, 5) is 74.6. The van der Waals surface area contributed by atoms with Crippen molar-refractivity contribution in [3.63, 3.8) is 0 Å². The summed E-state index contributed by atoms with van der Waals surface area (Å²) in [6, 6.07) is 30.3. The molecular weight excluding hydrogens is 841 g/mol. The number of amides is 4. The summed E-state index contributed by atoms with van der Waals surface area (Å²) in [5.74, 6) is 0.903. The zero-order valence-corrected chi connectivity index (χ0v) is 38.0. The Labute approximate surface area is 382 Å². The number of hydrogen-bond acceptors (Lipinski definition) is 9. The smallest absolute Gasteiger partial charge is 0.407 e. The predicted octanol–water partition coefficient (Wildman–Crippen LogP) is 9.40. The Morgan fingerprint density at radius 3 is 1.89 bits per heavy atom. The molecule has 336 valence electrons. The summed E-state index contributed by atoms with van der Waals surface area (Å²) in [6.45, 7) is 7.01. The summed E-state index contributed by atoms with van der Waals surface area (Å²) < 4.78 is 9.66. The molecule has 4 aromatic carbocycles. The van der Waals surface area contributed by atoms with Crippen LogP contribution in [-0.2, 0) is 19.1 Å². The van der Waals surface area contributed by atoms with E-state index in [0.717, 1.165) is 69.1 Å². The molecule has 0 aliphatic carbocycles. The fourth-order valence-corrected chi connectivity index (χ4v) is 9.86. The molecule has 15 heteroatoms. The van der Waals surface area contributed by atoms with Gasteiger partial charge in [0.25, 0.3) is 5.91 Å².